The number of imide groups is 1. The fourth-order valence-electron chi connectivity index (χ4n) is 3.31. The van der Waals surface area contributed by atoms with E-state index in [1.165, 1.54) is 6.92 Å². The van der Waals surface area contributed by atoms with Crippen LogP contribution < -0.4 is 15.4 Å². The van der Waals surface area contributed by atoms with Crippen molar-refractivity contribution >= 4 is 35.1 Å². The van der Waals surface area contributed by atoms with Gasteiger partial charge in [-0.3, -0.25) is 9.59 Å². The Balaban J connectivity index is 1.65. The number of benzene rings is 2. The standard InChI is InChI=1S/C22H24ClN3O4/c1-14(19(27)24-17-8-6-16(23)7-9-17)26-20(28)22(2,25-21(26)29)13-12-15-4-10-18(30-3)11-5-15/h4-11,14H,12-13H2,1-3H3,(H,24,27)(H,25,29)/t14-,22+/m0/s1. The van der Waals surface area contributed by atoms with Crippen molar-refractivity contribution in [3.63, 3.8) is 0 Å². The van der Waals surface area contributed by atoms with Crippen LogP contribution in [-0.2, 0) is 16.0 Å². The van der Waals surface area contributed by atoms with E-state index in [9.17, 15) is 14.4 Å². The second kappa shape index (κ2) is 8.75. The third-order valence-corrected chi connectivity index (χ3v) is 5.50. The second-order valence-electron chi connectivity index (χ2n) is 7.46. The maximum Gasteiger partial charge on any atom is 0.325 e. The van der Waals surface area contributed by atoms with Crippen molar-refractivity contribution in [3.05, 3.63) is 59.1 Å². The van der Waals surface area contributed by atoms with Crippen LogP contribution in [0.4, 0.5) is 10.5 Å². The van der Waals surface area contributed by atoms with Gasteiger partial charge in [-0.05, 0) is 68.7 Å². The number of aryl methyl sites for hydroxylation is 1. The molecule has 0 saturated carbocycles. The molecule has 1 saturated heterocycles. The number of nitrogens with zero attached hydrogens (tertiary/aromatic N) is 1. The largest absolute Gasteiger partial charge is 0.497 e. The number of hydrogen-bond acceptors (Lipinski definition) is 4. The van der Waals surface area contributed by atoms with Crippen LogP contribution in [0.15, 0.2) is 48.5 Å². The predicted octanol–water partition coefficient (Wildman–Crippen LogP) is 3.62. The number of methoxy groups -OCH3 is 1. The van der Waals surface area contributed by atoms with Crippen molar-refractivity contribution < 1.29 is 19.1 Å². The van der Waals surface area contributed by atoms with Crippen LogP contribution in [0.1, 0.15) is 25.8 Å². The van der Waals surface area contributed by atoms with Crippen molar-refractivity contribution in [3.8, 4) is 5.75 Å². The average Bonchev–Trinajstić information content (AvgIpc) is 2.96. The molecule has 2 atom stereocenters. The lowest BCUT2D eigenvalue weighted by Gasteiger charge is -2.24. The third-order valence-electron chi connectivity index (χ3n) is 5.24. The smallest absolute Gasteiger partial charge is 0.325 e. The van der Waals surface area contributed by atoms with Gasteiger partial charge in [-0.2, -0.15) is 0 Å². The van der Waals surface area contributed by atoms with Crippen LogP contribution in [-0.4, -0.2) is 41.4 Å². The van der Waals surface area contributed by atoms with Gasteiger partial charge in [-0.15, -0.1) is 0 Å². The van der Waals surface area contributed by atoms with Crippen LogP contribution in [0, 0.1) is 0 Å². The third kappa shape index (κ3) is 4.57. The van der Waals surface area contributed by atoms with E-state index in [1.54, 1.807) is 38.3 Å². The van der Waals surface area contributed by atoms with Crippen LogP contribution in [0.2, 0.25) is 5.02 Å². The molecule has 0 aromatic heterocycles. The number of carbonyl (C=O) groups is 3. The van der Waals surface area contributed by atoms with Crippen molar-refractivity contribution in [2.45, 2.75) is 38.3 Å². The Hall–Kier alpha value is -3.06. The highest BCUT2D eigenvalue weighted by Crippen LogP contribution is 2.26. The van der Waals surface area contributed by atoms with E-state index in [0.717, 1.165) is 16.2 Å². The molecule has 4 amide bonds. The molecule has 158 valence electrons. The van der Waals surface area contributed by atoms with Crippen LogP contribution in [0.3, 0.4) is 0 Å². The molecule has 2 aromatic carbocycles. The number of anilines is 1. The lowest BCUT2D eigenvalue weighted by molar-refractivity contribution is -0.136. The van der Waals surface area contributed by atoms with Gasteiger partial charge in [-0.25, -0.2) is 9.69 Å². The Labute approximate surface area is 180 Å². The highest BCUT2D eigenvalue weighted by molar-refractivity contribution is 6.30. The number of halogens is 1. The summed E-state index contributed by atoms with van der Waals surface area (Å²) in [6.45, 7) is 3.21. The Morgan fingerprint density at radius 3 is 2.40 bits per heavy atom. The van der Waals surface area contributed by atoms with Gasteiger partial charge < -0.3 is 15.4 Å². The fourth-order valence-corrected chi connectivity index (χ4v) is 3.44. The highest BCUT2D eigenvalue weighted by atomic mass is 35.5. The molecular weight excluding hydrogens is 406 g/mol. The van der Waals surface area contributed by atoms with E-state index < -0.39 is 29.4 Å². The molecule has 2 aromatic rings. The van der Waals surface area contributed by atoms with E-state index in [2.05, 4.69) is 10.6 Å². The van der Waals surface area contributed by atoms with E-state index in [4.69, 9.17) is 16.3 Å². The lowest BCUT2D eigenvalue weighted by Crippen LogP contribution is -2.48. The first-order chi connectivity index (χ1) is 14.2. The summed E-state index contributed by atoms with van der Waals surface area (Å²) >= 11 is 5.85. The maximum atomic E-state index is 13.0. The second-order valence-corrected chi connectivity index (χ2v) is 7.89. The molecule has 0 radical (unpaired) electrons. The van der Waals surface area contributed by atoms with Crippen LogP contribution in [0.5, 0.6) is 5.75 Å². The maximum absolute atomic E-state index is 13.0. The van der Waals surface area contributed by atoms with E-state index in [-0.39, 0.29) is 0 Å². The van der Waals surface area contributed by atoms with E-state index in [0.29, 0.717) is 23.6 Å². The topological polar surface area (TPSA) is 87.7 Å². The summed E-state index contributed by atoms with van der Waals surface area (Å²) in [4.78, 5) is 39.1. The van der Waals surface area contributed by atoms with Gasteiger partial charge in [0.25, 0.3) is 5.91 Å². The lowest BCUT2D eigenvalue weighted by atomic mass is 9.93. The molecule has 7 nitrogen and oxygen atoms in total. The molecule has 8 heteroatoms. The number of rotatable bonds is 7. The molecule has 1 heterocycles. The molecule has 2 N–H and O–H groups in total. The van der Waals surface area contributed by atoms with E-state index >= 15 is 0 Å². The monoisotopic (exact) mass is 429 g/mol. The van der Waals surface area contributed by atoms with Gasteiger partial charge in [0.05, 0.1) is 7.11 Å². The summed E-state index contributed by atoms with van der Waals surface area (Å²) in [5, 5.41) is 5.99. The zero-order chi connectivity index (χ0) is 21.9. The average molecular weight is 430 g/mol. The quantitative estimate of drug-likeness (QED) is 0.658. The minimum Gasteiger partial charge on any atom is -0.497 e. The SMILES string of the molecule is COc1ccc(CC[C@@]2(C)NC(=O)N([C@@H](C)C(=O)Nc3ccc(Cl)cc3)C2=O)cc1. The summed E-state index contributed by atoms with van der Waals surface area (Å²) in [7, 11) is 1.60. The number of amides is 4. The first kappa shape index (κ1) is 21.6. The van der Waals surface area contributed by atoms with Crippen molar-refractivity contribution in [1.29, 1.82) is 0 Å². The Bertz CT molecular complexity index is 946. The van der Waals surface area contributed by atoms with Gasteiger partial charge in [0, 0.05) is 10.7 Å². The van der Waals surface area contributed by atoms with Crippen LogP contribution in [0.25, 0.3) is 0 Å². The van der Waals surface area contributed by atoms with Crippen molar-refractivity contribution in [2.24, 2.45) is 0 Å². The summed E-state index contributed by atoms with van der Waals surface area (Å²) in [6.07, 6.45) is 0.998. The number of nitrogens with one attached hydrogen (secondary N) is 2. The van der Waals surface area contributed by atoms with Gasteiger partial charge in [0.15, 0.2) is 0 Å². The summed E-state index contributed by atoms with van der Waals surface area (Å²) < 4.78 is 5.15. The van der Waals surface area contributed by atoms with Crippen LogP contribution >= 0.6 is 11.6 Å². The number of urea groups is 1. The van der Waals surface area contributed by atoms with Gasteiger partial charge in [0.1, 0.15) is 17.3 Å². The summed E-state index contributed by atoms with van der Waals surface area (Å²) in [5.41, 5.74) is 0.475. The normalized spacial score (nSPS) is 19.4. The molecule has 0 spiro atoms. The Kier molecular flexibility index (Phi) is 6.31. The fraction of sp³-hybridized carbons (Fsp3) is 0.318. The molecule has 30 heavy (non-hydrogen) atoms. The first-order valence-electron chi connectivity index (χ1n) is 9.59. The number of carbonyl (C=O) groups excluding carboxylic acids is 3. The zero-order valence-corrected chi connectivity index (χ0v) is 17.8. The zero-order valence-electron chi connectivity index (χ0n) is 17.1. The molecular formula is C22H24ClN3O4. The number of ether oxygens (including phenoxy) is 1. The van der Waals surface area contributed by atoms with Gasteiger partial charge >= 0.3 is 6.03 Å². The predicted molar refractivity (Wildman–Crippen MR) is 115 cm³/mol. The Morgan fingerprint density at radius 1 is 1.17 bits per heavy atom. The molecule has 0 bridgehead atoms. The highest BCUT2D eigenvalue weighted by Gasteiger charge is 2.50. The molecule has 1 aliphatic rings. The molecule has 1 aliphatic heterocycles. The van der Waals surface area contributed by atoms with E-state index in [1.807, 2.05) is 24.3 Å². The summed E-state index contributed by atoms with van der Waals surface area (Å²) in [6, 6.07) is 12.6. The number of hydrogen-bond donors (Lipinski definition) is 2. The minimum atomic E-state index is -1.08. The molecule has 1 fully saturated rings. The van der Waals surface area contributed by atoms with Crippen molar-refractivity contribution in [1.82, 2.24) is 10.2 Å². The Morgan fingerprint density at radius 2 is 1.80 bits per heavy atom. The molecule has 0 aliphatic carbocycles. The van der Waals surface area contributed by atoms with Gasteiger partial charge in [-0.1, -0.05) is 23.7 Å². The van der Waals surface area contributed by atoms with Gasteiger partial charge in [0.2, 0.25) is 5.91 Å². The van der Waals surface area contributed by atoms with Crippen molar-refractivity contribution in [2.75, 3.05) is 12.4 Å². The molecule has 3 rings (SSSR count). The minimum absolute atomic E-state index is 0.409. The molecule has 0 unspecified atom stereocenters. The summed E-state index contributed by atoms with van der Waals surface area (Å²) in [5.74, 6) is -0.123. The first-order valence-corrected chi connectivity index (χ1v) is 9.96.